The molecule has 1 N–H and O–H groups in total. The van der Waals surface area contributed by atoms with Gasteiger partial charge < -0.3 is 10.2 Å². The summed E-state index contributed by atoms with van der Waals surface area (Å²) in [5.74, 6) is 0.218. The first-order valence-corrected chi connectivity index (χ1v) is 8.94. The molecule has 1 saturated heterocycles. The molecule has 1 unspecified atom stereocenters. The number of nitrogens with one attached hydrogen (secondary N) is 1. The zero-order valence-electron chi connectivity index (χ0n) is 13.0. The molecule has 5 nitrogen and oxygen atoms in total. The van der Waals surface area contributed by atoms with Crippen molar-refractivity contribution in [3.05, 3.63) is 39.9 Å². The summed E-state index contributed by atoms with van der Waals surface area (Å²) in [6.45, 7) is 3.47. The van der Waals surface area contributed by atoms with Crippen molar-refractivity contribution >= 4 is 34.0 Å². The lowest BCUT2D eigenvalue weighted by atomic mass is 10.2. The monoisotopic (exact) mass is 350 g/mol. The third kappa shape index (κ3) is 4.20. The maximum atomic E-state index is 11.7. The van der Waals surface area contributed by atoms with E-state index in [-0.39, 0.29) is 11.9 Å². The topological polar surface area (TPSA) is 58.1 Å². The van der Waals surface area contributed by atoms with Crippen molar-refractivity contribution in [2.24, 2.45) is 0 Å². The molecule has 2 aromatic rings. The first-order valence-electron chi connectivity index (χ1n) is 7.75. The van der Waals surface area contributed by atoms with Crippen molar-refractivity contribution in [1.82, 2.24) is 15.1 Å². The van der Waals surface area contributed by atoms with Gasteiger partial charge >= 0.3 is 0 Å². The third-order valence-electron chi connectivity index (χ3n) is 3.91. The Hall–Kier alpha value is -1.66. The molecule has 0 aliphatic carbocycles. The number of amides is 1. The van der Waals surface area contributed by atoms with Crippen LogP contribution in [-0.4, -0.2) is 40.1 Å². The second-order valence-corrected chi connectivity index (χ2v) is 7.13. The molecule has 0 radical (unpaired) electrons. The van der Waals surface area contributed by atoms with Crippen LogP contribution in [0.3, 0.4) is 0 Å². The van der Waals surface area contributed by atoms with E-state index in [1.54, 1.807) is 11.3 Å². The largest absolute Gasteiger partial charge is 0.355 e. The van der Waals surface area contributed by atoms with Crippen LogP contribution in [0.15, 0.2) is 24.3 Å². The molecule has 1 aliphatic rings. The standard InChI is InChI=1S/C16H19ClN4OS/c1-2-15(22)21-8-7-13(10-21)18-16-20-19-14(23-16)9-11-3-5-12(17)6-4-11/h3-6,13H,2,7-10H2,1H3,(H,18,20). The Labute approximate surface area is 144 Å². The van der Waals surface area contributed by atoms with Gasteiger partial charge in [0.05, 0.1) is 0 Å². The summed E-state index contributed by atoms with van der Waals surface area (Å²) in [7, 11) is 0. The van der Waals surface area contributed by atoms with Gasteiger partial charge in [-0.2, -0.15) is 0 Å². The molecule has 23 heavy (non-hydrogen) atoms. The van der Waals surface area contributed by atoms with Gasteiger partial charge in [-0.3, -0.25) is 4.79 Å². The van der Waals surface area contributed by atoms with Crippen LogP contribution in [0.5, 0.6) is 0 Å². The Kier molecular flexibility index (Phi) is 5.13. The summed E-state index contributed by atoms with van der Waals surface area (Å²) in [6.07, 6.45) is 2.27. The molecule has 1 aliphatic heterocycles. The number of hydrogen-bond acceptors (Lipinski definition) is 5. The van der Waals surface area contributed by atoms with Crippen molar-refractivity contribution in [2.75, 3.05) is 18.4 Å². The number of anilines is 1. The van der Waals surface area contributed by atoms with E-state index in [1.807, 2.05) is 36.1 Å². The number of nitrogens with zero attached hydrogens (tertiary/aromatic N) is 3. The number of carbonyl (C=O) groups is 1. The molecule has 1 aromatic heterocycles. The first kappa shape index (κ1) is 16.2. The fourth-order valence-electron chi connectivity index (χ4n) is 2.66. The Morgan fingerprint density at radius 2 is 2.17 bits per heavy atom. The molecule has 122 valence electrons. The molecule has 1 atom stereocenters. The summed E-state index contributed by atoms with van der Waals surface area (Å²) in [5.41, 5.74) is 1.16. The van der Waals surface area contributed by atoms with Crippen molar-refractivity contribution in [3.63, 3.8) is 0 Å². The minimum atomic E-state index is 0.218. The van der Waals surface area contributed by atoms with Gasteiger partial charge in [-0.15, -0.1) is 10.2 Å². The smallest absolute Gasteiger partial charge is 0.222 e. The van der Waals surface area contributed by atoms with Crippen molar-refractivity contribution in [1.29, 1.82) is 0 Å². The molecule has 1 fully saturated rings. The molecular formula is C16H19ClN4OS. The number of rotatable bonds is 5. The highest BCUT2D eigenvalue weighted by atomic mass is 35.5. The average molecular weight is 351 g/mol. The second-order valence-electron chi connectivity index (χ2n) is 5.63. The molecule has 1 amide bonds. The van der Waals surface area contributed by atoms with Crippen LogP contribution in [0.2, 0.25) is 5.02 Å². The van der Waals surface area contributed by atoms with Gasteiger partial charge in [-0.1, -0.05) is 42.0 Å². The van der Waals surface area contributed by atoms with E-state index >= 15 is 0 Å². The van der Waals surface area contributed by atoms with Gasteiger partial charge in [0.15, 0.2) is 0 Å². The molecule has 2 heterocycles. The van der Waals surface area contributed by atoms with E-state index < -0.39 is 0 Å². The van der Waals surface area contributed by atoms with Crippen LogP contribution in [0.1, 0.15) is 30.3 Å². The zero-order chi connectivity index (χ0) is 16.2. The van der Waals surface area contributed by atoms with Crippen LogP contribution >= 0.6 is 22.9 Å². The number of likely N-dealkylation sites (tertiary alicyclic amines) is 1. The summed E-state index contributed by atoms with van der Waals surface area (Å²) >= 11 is 7.46. The average Bonchev–Trinajstić information content (AvgIpc) is 3.19. The fourth-order valence-corrected chi connectivity index (χ4v) is 3.64. The Balaban J connectivity index is 1.55. The maximum absolute atomic E-state index is 11.7. The van der Waals surface area contributed by atoms with E-state index in [4.69, 9.17) is 11.6 Å². The quantitative estimate of drug-likeness (QED) is 0.899. The summed E-state index contributed by atoms with van der Waals surface area (Å²) in [4.78, 5) is 13.6. The molecule has 0 spiro atoms. The van der Waals surface area contributed by atoms with Gasteiger partial charge in [0.25, 0.3) is 0 Å². The van der Waals surface area contributed by atoms with Crippen molar-refractivity contribution in [2.45, 2.75) is 32.2 Å². The minimum Gasteiger partial charge on any atom is -0.355 e. The third-order valence-corrected chi connectivity index (χ3v) is 5.01. The zero-order valence-corrected chi connectivity index (χ0v) is 14.5. The number of carbonyl (C=O) groups excluding carboxylic acids is 1. The number of hydrogen-bond donors (Lipinski definition) is 1. The first-order chi connectivity index (χ1) is 11.1. The van der Waals surface area contributed by atoms with E-state index in [0.29, 0.717) is 6.42 Å². The number of benzene rings is 1. The van der Waals surface area contributed by atoms with E-state index in [2.05, 4.69) is 15.5 Å². The van der Waals surface area contributed by atoms with Crippen LogP contribution in [0.25, 0.3) is 0 Å². The van der Waals surface area contributed by atoms with Gasteiger partial charge in [0.2, 0.25) is 11.0 Å². The van der Waals surface area contributed by atoms with Gasteiger partial charge in [-0.05, 0) is 24.1 Å². The Morgan fingerprint density at radius 3 is 2.91 bits per heavy atom. The lowest BCUT2D eigenvalue weighted by Crippen LogP contribution is -2.30. The highest BCUT2D eigenvalue weighted by molar-refractivity contribution is 7.15. The van der Waals surface area contributed by atoms with Gasteiger partial charge in [0, 0.05) is 37.0 Å². The molecule has 1 aromatic carbocycles. The Bertz CT molecular complexity index is 673. The number of halogens is 1. The summed E-state index contributed by atoms with van der Waals surface area (Å²) in [6, 6.07) is 8.04. The lowest BCUT2D eigenvalue weighted by Gasteiger charge is -2.15. The molecule has 0 bridgehead atoms. The van der Waals surface area contributed by atoms with Crippen LogP contribution in [-0.2, 0) is 11.2 Å². The van der Waals surface area contributed by atoms with E-state index in [1.165, 1.54) is 0 Å². The van der Waals surface area contributed by atoms with Gasteiger partial charge in [0.1, 0.15) is 5.01 Å². The minimum absolute atomic E-state index is 0.218. The predicted octanol–water partition coefficient (Wildman–Crippen LogP) is 3.21. The summed E-state index contributed by atoms with van der Waals surface area (Å²) in [5, 5.41) is 14.4. The molecular weight excluding hydrogens is 332 g/mol. The normalized spacial score (nSPS) is 17.5. The molecule has 3 rings (SSSR count). The fraction of sp³-hybridized carbons (Fsp3) is 0.438. The van der Waals surface area contributed by atoms with Crippen LogP contribution < -0.4 is 5.32 Å². The lowest BCUT2D eigenvalue weighted by molar-refractivity contribution is -0.129. The van der Waals surface area contributed by atoms with Crippen LogP contribution in [0, 0.1) is 0 Å². The number of aromatic nitrogens is 2. The highest BCUT2D eigenvalue weighted by Gasteiger charge is 2.25. The van der Waals surface area contributed by atoms with Gasteiger partial charge in [-0.25, -0.2) is 0 Å². The second kappa shape index (κ2) is 7.27. The SMILES string of the molecule is CCC(=O)N1CCC(Nc2nnc(Cc3ccc(Cl)cc3)s2)C1. The van der Waals surface area contributed by atoms with Crippen molar-refractivity contribution in [3.8, 4) is 0 Å². The molecule has 7 heteroatoms. The summed E-state index contributed by atoms with van der Waals surface area (Å²) < 4.78 is 0. The van der Waals surface area contributed by atoms with E-state index in [0.717, 1.165) is 46.7 Å². The van der Waals surface area contributed by atoms with Crippen LogP contribution in [0.4, 0.5) is 5.13 Å². The van der Waals surface area contributed by atoms with E-state index in [9.17, 15) is 4.79 Å². The molecule has 0 saturated carbocycles. The Morgan fingerprint density at radius 1 is 1.39 bits per heavy atom. The van der Waals surface area contributed by atoms with Crippen molar-refractivity contribution < 1.29 is 4.79 Å². The maximum Gasteiger partial charge on any atom is 0.222 e. The highest BCUT2D eigenvalue weighted by Crippen LogP contribution is 2.22. The predicted molar refractivity (Wildman–Crippen MR) is 93.1 cm³/mol.